The standard InChI is InChI=1S/C28H48O/c1-19(2)8-7-9-20(3)24-12-13-25-23-11-10-21-18-22(29-6)14-16-27(21,4)26(23)15-17-28(24,25)5/h10,19-20,22-26H,7-9,11-18H2,1-6H3/t20-,22+,23+,24?,25+,26+,27+,28-/m1/s1. The molecule has 4 aliphatic carbocycles. The van der Waals surface area contributed by atoms with E-state index in [-0.39, 0.29) is 0 Å². The van der Waals surface area contributed by atoms with Crippen molar-refractivity contribution in [2.45, 2.75) is 111 Å². The highest BCUT2D eigenvalue weighted by molar-refractivity contribution is 5.25. The molecule has 4 aliphatic rings. The van der Waals surface area contributed by atoms with E-state index in [1.165, 1.54) is 70.6 Å². The molecule has 4 rings (SSSR count). The Morgan fingerprint density at radius 1 is 1.00 bits per heavy atom. The van der Waals surface area contributed by atoms with Crippen molar-refractivity contribution < 1.29 is 4.74 Å². The summed E-state index contributed by atoms with van der Waals surface area (Å²) < 4.78 is 5.75. The number of hydrogen-bond acceptors (Lipinski definition) is 1. The van der Waals surface area contributed by atoms with Crippen molar-refractivity contribution in [1.29, 1.82) is 0 Å². The molecule has 0 radical (unpaired) electrons. The monoisotopic (exact) mass is 400 g/mol. The van der Waals surface area contributed by atoms with Gasteiger partial charge in [-0.2, -0.15) is 0 Å². The van der Waals surface area contributed by atoms with Crippen LogP contribution in [0.2, 0.25) is 0 Å². The first-order valence-corrected chi connectivity index (χ1v) is 13.0. The molecule has 0 aromatic rings. The molecule has 0 aliphatic heterocycles. The number of rotatable bonds is 6. The average molecular weight is 401 g/mol. The van der Waals surface area contributed by atoms with E-state index in [0.29, 0.717) is 16.9 Å². The topological polar surface area (TPSA) is 9.23 Å². The molecule has 0 aromatic carbocycles. The zero-order chi connectivity index (χ0) is 20.8. The number of hydrogen-bond donors (Lipinski definition) is 0. The van der Waals surface area contributed by atoms with Crippen molar-refractivity contribution in [2.24, 2.45) is 46.3 Å². The molecule has 0 amide bonds. The Labute approximate surface area is 181 Å². The third-order valence-electron chi connectivity index (χ3n) is 10.6. The van der Waals surface area contributed by atoms with Crippen LogP contribution in [-0.4, -0.2) is 13.2 Å². The molecule has 1 heteroatoms. The molecule has 3 fully saturated rings. The van der Waals surface area contributed by atoms with Gasteiger partial charge in [0.05, 0.1) is 6.10 Å². The van der Waals surface area contributed by atoms with E-state index in [9.17, 15) is 0 Å². The molecule has 0 spiro atoms. The Balaban J connectivity index is 1.48. The fraction of sp³-hybridized carbons (Fsp3) is 0.929. The fourth-order valence-electron chi connectivity index (χ4n) is 8.85. The zero-order valence-corrected chi connectivity index (χ0v) is 20.3. The molecule has 8 atom stereocenters. The summed E-state index contributed by atoms with van der Waals surface area (Å²) in [4.78, 5) is 0. The molecule has 166 valence electrons. The van der Waals surface area contributed by atoms with Gasteiger partial charge in [-0.25, -0.2) is 0 Å². The van der Waals surface area contributed by atoms with Gasteiger partial charge < -0.3 is 4.74 Å². The Morgan fingerprint density at radius 2 is 1.79 bits per heavy atom. The number of fused-ring (bicyclic) bond motifs is 5. The van der Waals surface area contributed by atoms with Crippen LogP contribution in [0.1, 0.15) is 105 Å². The summed E-state index contributed by atoms with van der Waals surface area (Å²) in [6.45, 7) is 12.7. The highest BCUT2D eigenvalue weighted by atomic mass is 16.5. The van der Waals surface area contributed by atoms with Crippen LogP contribution in [0.3, 0.4) is 0 Å². The van der Waals surface area contributed by atoms with E-state index in [1.54, 1.807) is 5.57 Å². The minimum atomic E-state index is 0.472. The molecule has 0 saturated heterocycles. The summed E-state index contributed by atoms with van der Waals surface area (Å²) in [6.07, 6.45) is 18.7. The number of methoxy groups -OCH3 is 1. The molecule has 1 unspecified atom stereocenters. The van der Waals surface area contributed by atoms with Crippen molar-refractivity contribution in [3.63, 3.8) is 0 Å². The molecule has 0 N–H and O–H groups in total. The van der Waals surface area contributed by atoms with E-state index < -0.39 is 0 Å². The molecule has 3 saturated carbocycles. The SMILES string of the molecule is CO[C@H]1CC[C@@]2(C)C(=CC[C@@H]3[C@@H]2CC[C@]2(C)C([C@H](C)CCCC(C)C)CC[C@@H]32)C1. The van der Waals surface area contributed by atoms with Gasteiger partial charge >= 0.3 is 0 Å². The van der Waals surface area contributed by atoms with Crippen molar-refractivity contribution in [3.8, 4) is 0 Å². The zero-order valence-electron chi connectivity index (χ0n) is 20.3. The van der Waals surface area contributed by atoms with Crippen molar-refractivity contribution in [3.05, 3.63) is 11.6 Å². The summed E-state index contributed by atoms with van der Waals surface area (Å²) in [5, 5.41) is 0. The lowest BCUT2D eigenvalue weighted by Crippen LogP contribution is -2.50. The van der Waals surface area contributed by atoms with Gasteiger partial charge in [0.25, 0.3) is 0 Å². The summed E-state index contributed by atoms with van der Waals surface area (Å²) in [6, 6.07) is 0. The Morgan fingerprint density at radius 3 is 2.52 bits per heavy atom. The highest BCUT2D eigenvalue weighted by Crippen LogP contribution is 2.67. The maximum atomic E-state index is 5.75. The van der Waals surface area contributed by atoms with E-state index in [4.69, 9.17) is 4.74 Å². The molecular weight excluding hydrogens is 352 g/mol. The lowest BCUT2D eigenvalue weighted by Gasteiger charge is -2.58. The third-order valence-corrected chi connectivity index (χ3v) is 10.6. The number of allylic oxidation sites excluding steroid dienone is 1. The van der Waals surface area contributed by atoms with Crippen molar-refractivity contribution >= 4 is 0 Å². The summed E-state index contributed by atoms with van der Waals surface area (Å²) in [5.74, 6) is 5.63. The minimum Gasteiger partial charge on any atom is -0.381 e. The van der Waals surface area contributed by atoms with Gasteiger partial charge in [-0.05, 0) is 97.7 Å². The highest BCUT2D eigenvalue weighted by Gasteiger charge is 2.59. The van der Waals surface area contributed by atoms with Gasteiger partial charge in [-0.15, -0.1) is 0 Å². The van der Waals surface area contributed by atoms with E-state index in [2.05, 4.69) is 40.7 Å². The summed E-state index contributed by atoms with van der Waals surface area (Å²) in [5.41, 5.74) is 2.85. The van der Waals surface area contributed by atoms with Gasteiger partial charge in [-0.3, -0.25) is 0 Å². The van der Waals surface area contributed by atoms with Gasteiger partial charge in [0.1, 0.15) is 0 Å². The van der Waals surface area contributed by atoms with Crippen LogP contribution in [-0.2, 0) is 4.74 Å². The number of ether oxygens (including phenoxy) is 1. The molecule has 29 heavy (non-hydrogen) atoms. The predicted molar refractivity (Wildman–Crippen MR) is 124 cm³/mol. The Bertz CT molecular complexity index is 605. The van der Waals surface area contributed by atoms with Crippen LogP contribution in [0.15, 0.2) is 11.6 Å². The predicted octanol–water partition coefficient (Wildman–Crippen LogP) is 8.04. The van der Waals surface area contributed by atoms with Crippen LogP contribution in [0.25, 0.3) is 0 Å². The maximum absolute atomic E-state index is 5.75. The van der Waals surface area contributed by atoms with Crippen LogP contribution < -0.4 is 0 Å². The van der Waals surface area contributed by atoms with Gasteiger partial charge in [0.2, 0.25) is 0 Å². The van der Waals surface area contributed by atoms with Gasteiger partial charge in [0, 0.05) is 7.11 Å². The largest absolute Gasteiger partial charge is 0.381 e. The summed E-state index contributed by atoms with van der Waals surface area (Å²) >= 11 is 0. The second-order valence-corrected chi connectivity index (χ2v) is 12.4. The fourth-order valence-corrected chi connectivity index (χ4v) is 8.85. The van der Waals surface area contributed by atoms with Crippen molar-refractivity contribution in [2.75, 3.05) is 7.11 Å². The normalized spacial score (nSPS) is 45.3. The van der Waals surface area contributed by atoms with Gasteiger partial charge in [0.15, 0.2) is 0 Å². The smallest absolute Gasteiger partial charge is 0.0608 e. The second kappa shape index (κ2) is 8.33. The van der Waals surface area contributed by atoms with Crippen LogP contribution in [0, 0.1) is 46.3 Å². The Hall–Kier alpha value is -0.300. The molecule has 1 nitrogen and oxygen atoms in total. The average Bonchev–Trinajstić information content (AvgIpc) is 3.04. The van der Waals surface area contributed by atoms with Crippen LogP contribution in [0.4, 0.5) is 0 Å². The molecule has 0 aromatic heterocycles. The lowest BCUT2D eigenvalue weighted by molar-refractivity contribution is -0.0601. The maximum Gasteiger partial charge on any atom is 0.0608 e. The second-order valence-electron chi connectivity index (χ2n) is 12.4. The van der Waals surface area contributed by atoms with Crippen LogP contribution in [0.5, 0.6) is 0 Å². The van der Waals surface area contributed by atoms with E-state index >= 15 is 0 Å². The Kier molecular flexibility index (Phi) is 6.29. The minimum absolute atomic E-state index is 0.472. The quantitative estimate of drug-likeness (QED) is 0.410. The van der Waals surface area contributed by atoms with E-state index in [1.807, 2.05) is 7.11 Å². The summed E-state index contributed by atoms with van der Waals surface area (Å²) in [7, 11) is 1.91. The third kappa shape index (κ3) is 3.77. The van der Waals surface area contributed by atoms with Crippen molar-refractivity contribution in [1.82, 2.24) is 0 Å². The van der Waals surface area contributed by atoms with Crippen LogP contribution >= 0.6 is 0 Å². The molecule has 0 heterocycles. The lowest BCUT2D eigenvalue weighted by atomic mass is 9.47. The first-order chi connectivity index (χ1) is 13.8. The van der Waals surface area contributed by atoms with Gasteiger partial charge in [-0.1, -0.05) is 65.5 Å². The van der Waals surface area contributed by atoms with E-state index in [0.717, 1.165) is 35.5 Å². The molecule has 0 bridgehead atoms. The first-order valence-electron chi connectivity index (χ1n) is 13.0. The first kappa shape index (κ1) is 21.9. The molecular formula is C28H48O.